The number of carbonyl (C=O) groups excluding carboxylic acids is 2. The summed E-state index contributed by atoms with van der Waals surface area (Å²) < 4.78 is 18.5. The third-order valence-corrected chi connectivity index (χ3v) is 9.13. The highest BCUT2D eigenvalue weighted by Gasteiger charge is 2.39. The van der Waals surface area contributed by atoms with Crippen LogP contribution in [0.15, 0.2) is 103 Å². The Labute approximate surface area is 283 Å². The van der Waals surface area contributed by atoms with E-state index in [9.17, 15) is 14.7 Å². The summed E-state index contributed by atoms with van der Waals surface area (Å²) in [6, 6.07) is 34.8. The number of nitrogens with zero attached hydrogens (tertiary/aromatic N) is 1. The van der Waals surface area contributed by atoms with Crippen LogP contribution in [-0.2, 0) is 37.0 Å². The molecule has 4 aromatic rings. The van der Waals surface area contributed by atoms with Gasteiger partial charge in [-0.2, -0.15) is 0 Å². The third kappa shape index (κ3) is 8.76. The number of rotatable bonds is 12. The molecule has 1 aliphatic rings. The van der Waals surface area contributed by atoms with Gasteiger partial charge >= 0.3 is 5.97 Å². The molecular weight excluding hydrogens is 604 g/mol. The zero-order valence-corrected chi connectivity index (χ0v) is 28.3. The maximum atomic E-state index is 12.4. The average Bonchev–Trinajstić information content (AvgIpc) is 3.11. The fraction of sp³-hybridized carbons (Fsp3) is 0.350. The van der Waals surface area contributed by atoms with Crippen molar-refractivity contribution in [2.45, 2.75) is 71.5 Å². The first-order valence-electron chi connectivity index (χ1n) is 16.5. The summed E-state index contributed by atoms with van der Waals surface area (Å²) in [5.41, 5.74) is 6.97. The van der Waals surface area contributed by atoms with Gasteiger partial charge < -0.3 is 24.6 Å². The first-order valence-corrected chi connectivity index (χ1v) is 16.5. The monoisotopic (exact) mass is 650 g/mol. The maximum Gasteiger partial charge on any atom is 0.303 e. The van der Waals surface area contributed by atoms with Gasteiger partial charge in [-0.15, -0.1) is 0 Å². The Kier molecular flexibility index (Phi) is 11.8. The molecule has 0 bridgehead atoms. The van der Waals surface area contributed by atoms with Crippen molar-refractivity contribution in [2.24, 2.45) is 5.92 Å². The van der Waals surface area contributed by atoms with E-state index in [0.29, 0.717) is 13.1 Å². The van der Waals surface area contributed by atoms with Gasteiger partial charge in [0.2, 0.25) is 0 Å². The van der Waals surface area contributed by atoms with Crippen molar-refractivity contribution < 1.29 is 28.9 Å². The Morgan fingerprint density at radius 1 is 0.854 bits per heavy atom. The van der Waals surface area contributed by atoms with Crippen LogP contribution in [0.3, 0.4) is 0 Å². The first-order chi connectivity index (χ1) is 23.1. The van der Waals surface area contributed by atoms with Crippen molar-refractivity contribution in [1.82, 2.24) is 10.2 Å². The number of aliphatic hydroxyl groups excluding tert-OH is 1. The molecule has 2 N–H and O–H groups in total. The van der Waals surface area contributed by atoms with Gasteiger partial charge in [0, 0.05) is 37.5 Å². The molecule has 48 heavy (non-hydrogen) atoms. The number of hydrogen-bond donors (Lipinski definition) is 2. The number of ether oxygens (including phenoxy) is 3. The molecule has 0 aromatic heterocycles. The Hall–Kier alpha value is -4.34. The van der Waals surface area contributed by atoms with Crippen LogP contribution in [0, 0.1) is 5.92 Å². The van der Waals surface area contributed by atoms with Crippen molar-refractivity contribution >= 4 is 11.9 Å². The van der Waals surface area contributed by atoms with Gasteiger partial charge in [0.05, 0.1) is 18.8 Å². The summed E-state index contributed by atoms with van der Waals surface area (Å²) in [5, 5.41) is 12.5. The minimum absolute atomic E-state index is 0.00828. The van der Waals surface area contributed by atoms with E-state index in [2.05, 4.69) is 61.4 Å². The summed E-state index contributed by atoms with van der Waals surface area (Å²) in [7, 11) is 2.14. The van der Waals surface area contributed by atoms with Crippen LogP contribution in [-0.4, -0.2) is 47.7 Å². The molecule has 252 valence electrons. The van der Waals surface area contributed by atoms with Crippen LogP contribution in [0.4, 0.5) is 0 Å². The molecule has 8 nitrogen and oxygen atoms in total. The second-order valence-electron chi connectivity index (χ2n) is 12.6. The first kappa shape index (κ1) is 35.0. The molecule has 1 amide bonds. The van der Waals surface area contributed by atoms with Crippen LogP contribution in [0.25, 0.3) is 11.1 Å². The molecule has 0 unspecified atom stereocenters. The summed E-state index contributed by atoms with van der Waals surface area (Å²) in [6.45, 7) is 8.24. The molecule has 6 atom stereocenters. The van der Waals surface area contributed by atoms with Crippen molar-refractivity contribution in [3.8, 4) is 11.1 Å². The fourth-order valence-corrected chi connectivity index (χ4v) is 6.12. The predicted octanol–water partition coefficient (Wildman–Crippen LogP) is 6.90. The summed E-state index contributed by atoms with van der Waals surface area (Å²) >= 11 is 0. The van der Waals surface area contributed by atoms with E-state index in [0.717, 1.165) is 33.4 Å². The average molecular weight is 651 g/mol. The number of aliphatic hydroxyl groups is 1. The number of amides is 1. The van der Waals surface area contributed by atoms with Crippen LogP contribution in [0.1, 0.15) is 73.9 Å². The Balaban J connectivity index is 1.37. The largest absolute Gasteiger partial charge is 0.453 e. The number of likely N-dealkylation sites (N-methyl/N-ethyl adjacent to an activating group) is 1. The molecule has 4 aromatic carbocycles. The van der Waals surface area contributed by atoms with Gasteiger partial charge in [-0.05, 0) is 66.4 Å². The van der Waals surface area contributed by atoms with Gasteiger partial charge in [0.25, 0.3) is 5.91 Å². The molecule has 0 spiro atoms. The van der Waals surface area contributed by atoms with Crippen molar-refractivity contribution in [3.63, 3.8) is 0 Å². The van der Waals surface area contributed by atoms with Gasteiger partial charge in [0.1, 0.15) is 0 Å². The number of benzene rings is 4. The summed E-state index contributed by atoms with van der Waals surface area (Å²) in [5.74, 6) is -0.784. The fourth-order valence-electron chi connectivity index (χ4n) is 6.12. The van der Waals surface area contributed by atoms with Crippen LogP contribution >= 0.6 is 0 Å². The van der Waals surface area contributed by atoms with Crippen molar-refractivity contribution in [3.05, 3.63) is 131 Å². The molecule has 5 rings (SSSR count). The van der Waals surface area contributed by atoms with Crippen LogP contribution < -0.4 is 5.32 Å². The second-order valence-corrected chi connectivity index (χ2v) is 12.6. The normalized spacial score (nSPS) is 20.6. The lowest BCUT2D eigenvalue weighted by atomic mass is 9.89. The predicted molar refractivity (Wildman–Crippen MR) is 185 cm³/mol. The van der Waals surface area contributed by atoms with Crippen LogP contribution in [0.2, 0.25) is 0 Å². The molecule has 1 aliphatic heterocycles. The zero-order valence-electron chi connectivity index (χ0n) is 28.3. The van der Waals surface area contributed by atoms with E-state index in [4.69, 9.17) is 14.2 Å². The second kappa shape index (κ2) is 16.2. The lowest BCUT2D eigenvalue weighted by Gasteiger charge is -2.43. The Morgan fingerprint density at radius 3 is 2.23 bits per heavy atom. The quantitative estimate of drug-likeness (QED) is 0.161. The molecule has 8 heteroatoms. The van der Waals surface area contributed by atoms with Gasteiger partial charge in [-0.3, -0.25) is 14.5 Å². The van der Waals surface area contributed by atoms with Gasteiger partial charge in [-0.1, -0.05) is 97.9 Å². The minimum atomic E-state index is -0.859. The minimum Gasteiger partial charge on any atom is -0.453 e. The van der Waals surface area contributed by atoms with Gasteiger partial charge in [-0.25, -0.2) is 0 Å². The molecule has 1 heterocycles. The van der Waals surface area contributed by atoms with E-state index >= 15 is 0 Å². The highest BCUT2D eigenvalue weighted by molar-refractivity contribution is 5.82. The number of hydrogen-bond acceptors (Lipinski definition) is 7. The van der Waals surface area contributed by atoms with E-state index < -0.39 is 18.4 Å². The van der Waals surface area contributed by atoms with E-state index in [1.54, 1.807) is 6.92 Å². The summed E-state index contributed by atoms with van der Waals surface area (Å²) in [4.78, 5) is 25.9. The van der Waals surface area contributed by atoms with E-state index in [1.807, 2.05) is 72.8 Å². The molecule has 0 saturated carbocycles. The maximum absolute atomic E-state index is 12.4. The number of nitrogens with one attached hydrogen (secondary N) is 1. The van der Waals surface area contributed by atoms with Crippen molar-refractivity contribution in [1.29, 1.82) is 0 Å². The van der Waals surface area contributed by atoms with E-state index in [1.165, 1.54) is 12.5 Å². The lowest BCUT2D eigenvalue weighted by Crippen LogP contribution is -2.44. The highest BCUT2D eigenvalue weighted by Crippen LogP contribution is 2.42. The number of esters is 1. The zero-order chi connectivity index (χ0) is 34.2. The Morgan fingerprint density at radius 2 is 1.54 bits per heavy atom. The molecule has 0 aliphatic carbocycles. The topological polar surface area (TPSA) is 97.3 Å². The van der Waals surface area contributed by atoms with Gasteiger partial charge in [0.15, 0.2) is 12.4 Å². The van der Waals surface area contributed by atoms with Crippen LogP contribution in [0.5, 0.6) is 0 Å². The molecule has 1 fully saturated rings. The molecule has 0 radical (unpaired) electrons. The molecule has 1 saturated heterocycles. The number of carbonyl (C=O) groups is 2. The SMILES string of the molecule is CC(=O)O[C@@H](C)C(=O)NCc1cccc(-c2cccc([C@@H]3O[C@H](CN(C)[C@@H](C)c4ccccc4)[C@H](C)[C@H](c4ccc(CO)cc4)O3)c2)c1. The smallest absolute Gasteiger partial charge is 0.303 e. The molecular formula is C40H46N2O6. The lowest BCUT2D eigenvalue weighted by molar-refractivity contribution is -0.276. The standard InChI is InChI=1S/C40H46N2O6/c1-26-37(24-42(5)27(2)32-12-7-6-8-13-32)47-40(48-38(26)33-19-17-30(25-43)18-20-33)36-16-10-15-35(22-36)34-14-9-11-31(21-34)23-41-39(45)28(3)46-29(4)44/h6-22,26-28,37-38,40,43H,23-25H2,1-5H3,(H,41,45)/t26-,27-,28-,37+,38+,40+/m0/s1. The van der Waals surface area contributed by atoms with E-state index in [-0.39, 0.29) is 36.7 Å². The highest BCUT2D eigenvalue weighted by atomic mass is 16.7. The third-order valence-electron chi connectivity index (χ3n) is 9.13. The summed E-state index contributed by atoms with van der Waals surface area (Å²) in [6.07, 6.45) is -1.79. The van der Waals surface area contributed by atoms with Crippen molar-refractivity contribution in [2.75, 3.05) is 13.6 Å². The Bertz CT molecular complexity index is 1660.